The molecule has 186 valence electrons. The second-order valence-corrected chi connectivity index (χ2v) is 10.4. The monoisotopic (exact) mass is 467 g/mol. The smallest absolute Gasteiger partial charge is 0.274 e. The van der Waals surface area contributed by atoms with Crippen LogP contribution in [0.5, 0.6) is 0 Å². The maximum Gasteiger partial charge on any atom is 0.274 e. The molecule has 1 N–H and O–H groups in total. The topological polar surface area (TPSA) is 69.5 Å². The molecule has 0 saturated carbocycles. The average molecular weight is 468 g/mol. The second kappa shape index (κ2) is 11.0. The van der Waals surface area contributed by atoms with Crippen molar-refractivity contribution >= 4 is 22.6 Å². The van der Waals surface area contributed by atoms with Gasteiger partial charge in [0.25, 0.3) is 5.91 Å². The molecular weight excluding hydrogens is 426 g/mol. The quantitative estimate of drug-likeness (QED) is 0.704. The van der Waals surface area contributed by atoms with Crippen LogP contribution in [0.2, 0.25) is 0 Å². The van der Waals surface area contributed by atoms with Gasteiger partial charge in [-0.25, -0.2) is 4.98 Å². The van der Waals surface area contributed by atoms with E-state index in [9.17, 15) is 4.79 Å². The summed E-state index contributed by atoms with van der Waals surface area (Å²) < 4.78 is 1.81. The number of pyridine rings is 1. The number of hydrogen-bond acceptors (Lipinski definition) is 6. The molecule has 2 aromatic rings. The van der Waals surface area contributed by atoms with Crippen LogP contribution in [0.25, 0.3) is 11.0 Å². The van der Waals surface area contributed by atoms with Crippen LogP contribution in [-0.4, -0.2) is 88.9 Å². The van der Waals surface area contributed by atoms with E-state index in [-0.39, 0.29) is 11.9 Å². The Morgan fingerprint density at radius 3 is 2.24 bits per heavy atom. The summed E-state index contributed by atoms with van der Waals surface area (Å²) in [6.07, 6.45) is 13.1. The number of carbonyl (C=O) groups excluding carboxylic acids is 1. The van der Waals surface area contributed by atoms with Crippen molar-refractivity contribution in [2.45, 2.75) is 63.8 Å². The lowest BCUT2D eigenvalue weighted by molar-refractivity contribution is 0.0901. The van der Waals surface area contributed by atoms with Crippen LogP contribution in [0.4, 0.5) is 5.69 Å². The van der Waals surface area contributed by atoms with Crippen molar-refractivity contribution in [3.05, 3.63) is 18.0 Å². The Hall–Kier alpha value is -2.19. The van der Waals surface area contributed by atoms with Crippen LogP contribution < -0.4 is 10.2 Å². The third kappa shape index (κ3) is 5.54. The minimum atomic E-state index is -0.0904. The van der Waals surface area contributed by atoms with Gasteiger partial charge in [-0.3, -0.25) is 9.48 Å². The van der Waals surface area contributed by atoms with Crippen molar-refractivity contribution in [3.8, 4) is 0 Å². The molecule has 8 nitrogen and oxygen atoms in total. The molecule has 0 spiro atoms. The zero-order valence-corrected chi connectivity index (χ0v) is 20.8. The number of fused-ring (bicyclic) bond motifs is 1. The minimum Gasteiger partial charge on any atom is -0.370 e. The summed E-state index contributed by atoms with van der Waals surface area (Å²) in [4.78, 5) is 25.4. The number of nitrogens with zero attached hydrogens (tertiary/aromatic N) is 6. The highest BCUT2D eigenvalue weighted by atomic mass is 16.2. The maximum absolute atomic E-state index is 13.1. The molecule has 5 heterocycles. The Morgan fingerprint density at radius 2 is 1.53 bits per heavy atom. The first-order chi connectivity index (χ1) is 16.7. The van der Waals surface area contributed by atoms with Crippen LogP contribution in [0.1, 0.15) is 68.3 Å². The van der Waals surface area contributed by atoms with Gasteiger partial charge in [0.2, 0.25) is 0 Å². The van der Waals surface area contributed by atoms with E-state index in [4.69, 9.17) is 4.98 Å². The summed E-state index contributed by atoms with van der Waals surface area (Å²) >= 11 is 0. The van der Waals surface area contributed by atoms with Crippen LogP contribution in [0, 0.1) is 0 Å². The van der Waals surface area contributed by atoms with Crippen LogP contribution in [0.15, 0.2) is 12.3 Å². The molecule has 5 rings (SSSR count). The number of aromatic nitrogens is 3. The van der Waals surface area contributed by atoms with Gasteiger partial charge in [-0.15, -0.1) is 0 Å². The van der Waals surface area contributed by atoms with E-state index < -0.39 is 0 Å². The van der Waals surface area contributed by atoms with E-state index in [0.29, 0.717) is 11.2 Å². The Labute approximate surface area is 203 Å². The maximum atomic E-state index is 13.1. The molecule has 0 atom stereocenters. The van der Waals surface area contributed by atoms with Gasteiger partial charge in [-0.2, -0.15) is 5.10 Å². The van der Waals surface area contributed by atoms with E-state index in [1.807, 2.05) is 17.9 Å². The lowest BCUT2D eigenvalue weighted by Crippen LogP contribution is -2.47. The first-order valence-electron chi connectivity index (χ1n) is 13.5. The van der Waals surface area contributed by atoms with Crippen molar-refractivity contribution in [1.82, 2.24) is 29.9 Å². The molecule has 3 aliphatic rings. The van der Waals surface area contributed by atoms with E-state index in [1.54, 1.807) is 0 Å². The molecule has 3 aliphatic heterocycles. The van der Waals surface area contributed by atoms with Crippen LogP contribution in [0.3, 0.4) is 0 Å². The molecule has 3 fully saturated rings. The Bertz CT molecular complexity index is 951. The number of piperidine rings is 2. The van der Waals surface area contributed by atoms with Crippen molar-refractivity contribution in [2.75, 3.05) is 57.3 Å². The Kier molecular flexibility index (Phi) is 7.64. The highest BCUT2D eigenvalue weighted by molar-refractivity contribution is 6.03. The lowest BCUT2D eigenvalue weighted by atomic mass is 10.0. The summed E-state index contributed by atoms with van der Waals surface area (Å²) in [7, 11) is 1.91. The Morgan fingerprint density at radius 1 is 0.912 bits per heavy atom. The van der Waals surface area contributed by atoms with E-state index in [0.717, 1.165) is 56.8 Å². The van der Waals surface area contributed by atoms with E-state index in [2.05, 4.69) is 31.2 Å². The molecule has 3 saturated heterocycles. The molecular formula is C26H41N7O. The summed E-state index contributed by atoms with van der Waals surface area (Å²) in [5, 5.41) is 7.81. The van der Waals surface area contributed by atoms with Gasteiger partial charge in [0.15, 0.2) is 5.69 Å². The summed E-state index contributed by atoms with van der Waals surface area (Å²) in [6.45, 7) is 9.12. The van der Waals surface area contributed by atoms with Crippen molar-refractivity contribution in [2.24, 2.45) is 7.05 Å². The normalized spacial score (nSPS) is 21.6. The highest BCUT2D eigenvalue weighted by Gasteiger charge is 2.25. The number of rotatable bonds is 6. The zero-order valence-electron chi connectivity index (χ0n) is 20.8. The Balaban J connectivity index is 1.16. The molecule has 34 heavy (non-hydrogen) atoms. The number of carbonyl (C=O) groups is 1. The molecule has 0 radical (unpaired) electrons. The average Bonchev–Trinajstić information content (AvgIpc) is 3.03. The summed E-state index contributed by atoms with van der Waals surface area (Å²) in [5.74, 6) is -0.0904. The van der Waals surface area contributed by atoms with Gasteiger partial charge in [0, 0.05) is 52.4 Å². The molecule has 0 aromatic carbocycles. The first kappa shape index (κ1) is 23.5. The van der Waals surface area contributed by atoms with E-state index >= 15 is 0 Å². The second-order valence-electron chi connectivity index (χ2n) is 10.4. The summed E-state index contributed by atoms with van der Waals surface area (Å²) in [6, 6.07) is 2.37. The number of amides is 1. The largest absolute Gasteiger partial charge is 0.370 e. The van der Waals surface area contributed by atoms with Gasteiger partial charge in [0.05, 0.1) is 17.4 Å². The standard InChI is InChI=1S/C26H41N7O/c1-30-23-19-22(33-13-7-2-3-8-14-33)20-27-24(23)25(29-30)26(34)28-21-9-15-32(16-10-21)18-17-31-11-5-4-6-12-31/h19-21H,2-18H2,1H3,(H,28,34). The molecule has 1 amide bonds. The van der Waals surface area contributed by atoms with Crippen LogP contribution in [-0.2, 0) is 7.05 Å². The third-order valence-electron chi connectivity index (χ3n) is 7.97. The van der Waals surface area contributed by atoms with Crippen LogP contribution >= 0.6 is 0 Å². The fraction of sp³-hybridized carbons (Fsp3) is 0.731. The number of hydrogen-bond donors (Lipinski definition) is 1. The number of anilines is 1. The predicted octanol–water partition coefficient (Wildman–Crippen LogP) is 3.03. The first-order valence-corrected chi connectivity index (χ1v) is 13.5. The van der Waals surface area contributed by atoms with Gasteiger partial charge in [-0.05, 0) is 57.7 Å². The summed E-state index contributed by atoms with van der Waals surface area (Å²) in [5.41, 5.74) is 3.23. The van der Waals surface area contributed by atoms with Gasteiger partial charge in [-0.1, -0.05) is 19.3 Å². The lowest BCUT2D eigenvalue weighted by Gasteiger charge is -2.34. The number of nitrogens with one attached hydrogen (secondary N) is 1. The fourth-order valence-corrected chi connectivity index (χ4v) is 5.80. The third-order valence-corrected chi connectivity index (χ3v) is 7.97. The van der Waals surface area contributed by atoms with Gasteiger partial charge >= 0.3 is 0 Å². The number of aryl methyl sites for hydroxylation is 1. The SMILES string of the molecule is Cn1nc(C(=O)NC2CCN(CCN3CCCCC3)CC2)c2ncc(N3CCCCCC3)cc21. The molecule has 0 unspecified atom stereocenters. The minimum absolute atomic E-state index is 0.0904. The van der Waals surface area contributed by atoms with Crippen molar-refractivity contribution in [3.63, 3.8) is 0 Å². The molecule has 2 aromatic heterocycles. The van der Waals surface area contributed by atoms with Crippen molar-refractivity contribution in [1.29, 1.82) is 0 Å². The molecule has 8 heteroatoms. The number of likely N-dealkylation sites (tertiary alicyclic amines) is 2. The highest BCUT2D eigenvalue weighted by Crippen LogP contribution is 2.24. The van der Waals surface area contributed by atoms with Gasteiger partial charge in [0.1, 0.15) is 5.52 Å². The molecule has 0 aliphatic carbocycles. The predicted molar refractivity (Wildman–Crippen MR) is 136 cm³/mol. The molecule has 0 bridgehead atoms. The fourth-order valence-electron chi connectivity index (χ4n) is 5.80. The van der Waals surface area contributed by atoms with Crippen molar-refractivity contribution < 1.29 is 4.79 Å². The van der Waals surface area contributed by atoms with Gasteiger partial charge < -0.3 is 20.0 Å². The zero-order chi connectivity index (χ0) is 23.3. The van der Waals surface area contributed by atoms with E-state index in [1.165, 1.54) is 64.6 Å².